The molecule has 1 atom stereocenters. The lowest BCUT2D eigenvalue weighted by Gasteiger charge is -2.17. The quantitative estimate of drug-likeness (QED) is 0.345. The molecular formula is C18H28. The van der Waals surface area contributed by atoms with Gasteiger partial charge >= 0.3 is 0 Å². The fourth-order valence-electron chi connectivity index (χ4n) is 2.51. The second-order valence-corrected chi connectivity index (χ2v) is 5.18. The third kappa shape index (κ3) is 6.05. The SMILES string of the molecule is C=CCCCCCC(CCCC)c1ccccc1. The predicted molar refractivity (Wildman–Crippen MR) is 82.0 cm³/mol. The molecule has 1 aromatic rings. The van der Waals surface area contributed by atoms with Crippen LogP contribution in [0.5, 0.6) is 0 Å². The van der Waals surface area contributed by atoms with Crippen LogP contribution >= 0.6 is 0 Å². The maximum Gasteiger partial charge on any atom is -0.0162 e. The summed E-state index contributed by atoms with van der Waals surface area (Å²) in [5.41, 5.74) is 1.54. The van der Waals surface area contributed by atoms with Gasteiger partial charge in [0.1, 0.15) is 0 Å². The van der Waals surface area contributed by atoms with Gasteiger partial charge in [0, 0.05) is 0 Å². The summed E-state index contributed by atoms with van der Waals surface area (Å²) in [5, 5.41) is 0. The molecule has 0 nitrogen and oxygen atoms in total. The fourth-order valence-corrected chi connectivity index (χ4v) is 2.51. The van der Waals surface area contributed by atoms with Gasteiger partial charge in [0.05, 0.1) is 0 Å². The molecule has 0 spiro atoms. The first-order valence-electron chi connectivity index (χ1n) is 7.54. The van der Waals surface area contributed by atoms with E-state index in [1.54, 1.807) is 0 Å². The molecule has 0 N–H and O–H groups in total. The first-order chi connectivity index (χ1) is 8.88. The van der Waals surface area contributed by atoms with Crippen LogP contribution in [0.2, 0.25) is 0 Å². The van der Waals surface area contributed by atoms with Gasteiger partial charge in [0.25, 0.3) is 0 Å². The molecular weight excluding hydrogens is 216 g/mol. The molecule has 0 saturated heterocycles. The molecule has 0 fully saturated rings. The van der Waals surface area contributed by atoms with Crippen molar-refractivity contribution >= 4 is 0 Å². The smallest absolute Gasteiger partial charge is 0.0162 e. The predicted octanol–water partition coefficient (Wildman–Crippen LogP) is 6.10. The highest BCUT2D eigenvalue weighted by Crippen LogP contribution is 2.27. The van der Waals surface area contributed by atoms with Crippen LogP contribution in [0.25, 0.3) is 0 Å². The van der Waals surface area contributed by atoms with E-state index in [0.717, 1.165) is 5.92 Å². The Kier molecular flexibility index (Phi) is 8.29. The summed E-state index contributed by atoms with van der Waals surface area (Å²) in [7, 11) is 0. The van der Waals surface area contributed by atoms with Crippen molar-refractivity contribution in [2.75, 3.05) is 0 Å². The Morgan fingerprint density at radius 1 is 1.00 bits per heavy atom. The molecule has 0 amide bonds. The zero-order chi connectivity index (χ0) is 13.1. The average Bonchev–Trinajstić information content (AvgIpc) is 2.43. The Morgan fingerprint density at radius 3 is 2.39 bits per heavy atom. The second-order valence-electron chi connectivity index (χ2n) is 5.18. The zero-order valence-electron chi connectivity index (χ0n) is 11.9. The Labute approximate surface area is 113 Å². The third-order valence-electron chi connectivity index (χ3n) is 3.64. The van der Waals surface area contributed by atoms with Gasteiger partial charge in [-0.05, 0) is 37.2 Å². The van der Waals surface area contributed by atoms with Crippen molar-refractivity contribution in [2.24, 2.45) is 0 Å². The van der Waals surface area contributed by atoms with E-state index in [0.29, 0.717) is 0 Å². The fraction of sp³-hybridized carbons (Fsp3) is 0.556. The van der Waals surface area contributed by atoms with Gasteiger partial charge in [-0.1, -0.05) is 69.0 Å². The average molecular weight is 244 g/mol. The first kappa shape index (κ1) is 15.0. The monoisotopic (exact) mass is 244 g/mol. The summed E-state index contributed by atoms with van der Waals surface area (Å²) in [6.07, 6.45) is 12.6. The van der Waals surface area contributed by atoms with E-state index in [-0.39, 0.29) is 0 Å². The molecule has 18 heavy (non-hydrogen) atoms. The molecule has 100 valence electrons. The lowest BCUT2D eigenvalue weighted by atomic mass is 9.89. The Balaban J connectivity index is 2.38. The van der Waals surface area contributed by atoms with Gasteiger partial charge in [-0.25, -0.2) is 0 Å². The van der Waals surface area contributed by atoms with E-state index in [9.17, 15) is 0 Å². The summed E-state index contributed by atoms with van der Waals surface area (Å²) in [4.78, 5) is 0. The number of allylic oxidation sites excluding steroid dienone is 1. The minimum absolute atomic E-state index is 0.773. The van der Waals surface area contributed by atoms with Crippen molar-refractivity contribution in [1.82, 2.24) is 0 Å². The van der Waals surface area contributed by atoms with Crippen LogP contribution in [0.4, 0.5) is 0 Å². The molecule has 0 aromatic heterocycles. The second kappa shape index (κ2) is 9.94. The topological polar surface area (TPSA) is 0 Å². The van der Waals surface area contributed by atoms with Crippen molar-refractivity contribution < 1.29 is 0 Å². The Hall–Kier alpha value is -1.04. The van der Waals surface area contributed by atoms with E-state index in [1.165, 1.54) is 56.9 Å². The minimum atomic E-state index is 0.773. The number of rotatable bonds is 10. The van der Waals surface area contributed by atoms with E-state index >= 15 is 0 Å². The minimum Gasteiger partial charge on any atom is -0.103 e. The molecule has 0 aliphatic heterocycles. The van der Waals surface area contributed by atoms with Crippen molar-refractivity contribution in [2.45, 2.75) is 64.2 Å². The van der Waals surface area contributed by atoms with Crippen molar-refractivity contribution in [3.05, 3.63) is 48.6 Å². The summed E-state index contributed by atoms with van der Waals surface area (Å²) >= 11 is 0. The standard InChI is InChI=1S/C18H28/c1-3-5-7-8-10-14-17(13-6-4-2)18-15-11-9-12-16-18/h3,9,11-12,15-17H,1,4-8,10,13-14H2,2H3. The van der Waals surface area contributed by atoms with E-state index in [4.69, 9.17) is 0 Å². The van der Waals surface area contributed by atoms with Crippen LogP contribution in [0.1, 0.15) is 69.8 Å². The van der Waals surface area contributed by atoms with E-state index in [1.807, 2.05) is 6.08 Å². The summed E-state index contributed by atoms with van der Waals surface area (Å²) in [5.74, 6) is 0.773. The third-order valence-corrected chi connectivity index (χ3v) is 3.64. The normalized spacial score (nSPS) is 12.3. The molecule has 0 aliphatic rings. The molecule has 0 heterocycles. The van der Waals surface area contributed by atoms with Crippen LogP contribution < -0.4 is 0 Å². The van der Waals surface area contributed by atoms with Gasteiger partial charge < -0.3 is 0 Å². The molecule has 0 radical (unpaired) electrons. The van der Waals surface area contributed by atoms with Gasteiger partial charge in [-0.15, -0.1) is 6.58 Å². The first-order valence-corrected chi connectivity index (χ1v) is 7.54. The van der Waals surface area contributed by atoms with Crippen LogP contribution in [0.3, 0.4) is 0 Å². The van der Waals surface area contributed by atoms with Crippen LogP contribution in [-0.4, -0.2) is 0 Å². The van der Waals surface area contributed by atoms with Crippen molar-refractivity contribution in [3.63, 3.8) is 0 Å². The molecule has 1 rings (SSSR count). The highest BCUT2D eigenvalue weighted by atomic mass is 14.1. The van der Waals surface area contributed by atoms with Gasteiger partial charge in [0.15, 0.2) is 0 Å². The van der Waals surface area contributed by atoms with Crippen molar-refractivity contribution in [1.29, 1.82) is 0 Å². The lowest BCUT2D eigenvalue weighted by Crippen LogP contribution is -1.99. The highest BCUT2D eigenvalue weighted by molar-refractivity contribution is 5.19. The highest BCUT2D eigenvalue weighted by Gasteiger charge is 2.10. The summed E-state index contributed by atoms with van der Waals surface area (Å²) in [6, 6.07) is 11.1. The van der Waals surface area contributed by atoms with E-state index in [2.05, 4.69) is 43.8 Å². The Bertz CT molecular complexity index is 299. The molecule has 1 aromatic carbocycles. The number of unbranched alkanes of at least 4 members (excludes halogenated alkanes) is 4. The number of hydrogen-bond donors (Lipinski definition) is 0. The van der Waals surface area contributed by atoms with Gasteiger partial charge in [-0.3, -0.25) is 0 Å². The van der Waals surface area contributed by atoms with Crippen molar-refractivity contribution in [3.8, 4) is 0 Å². The van der Waals surface area contributed by atoms with E-state index < -0.39 is 0 Å². The number of hydrogen-bond acceptors (Lipinski definition) is 0. The zero-order valence-corrected chi connectivity index (χ0v) is 11.9. The molecule has 0 heteroatoms. The molecule has 0 aliphatic carbocycles. The van der Waals surface area contributed by atoms with Crippen LogP contribution in [0.15, 0.2) is 43.0 Å². The maximum atomic E-state index is 3.78. The molecule has 0 saturated carbocycles. The van der Waals surface area contributed by atoms with Gasteiger partial charge in [0.2, 0.25) is 0 Å². The summed E-state index contributed by atoms with van der Waals surface area (Å²) < 4.78 is 0. The van der Waals surface area contributed by atoms with Crippen LogP contribution in [0, 0.1) is 0 Å². The maximum absolute atomic E-state index is 3.78. The summed E-state index contributed by atoms with van der Waals surface area (Å²) in [6.45, 7) is 6.07. The van der Waals surface area contributed by atoms with Crippen LogP contribution in [-0.2, 0) is 0 Å². The Morgan fingerprint density at radius 2 is 1.72 bits per heavy atom. The number of benzene rings is 1. The molecule has 0 bridgehead atoms. The lowest BCUT2D eigenvalue weighted by molar-refractivity contribution is 0.511. The van der Waals surface area contributed by atoms with Gasteiger partial charge in [-0.2, -0.15) is 0 Å². The largest absolute Gasteiger partial charge is 0.103 e. The molecule has 1 unspecified atom stereocenters.